The SMILES string of the molecule is CC(C)C1(N)CC2CC(O)C[C@@H]2C1. The minimum Gasteiger partial charge on any atom is -0.393 e. The molecule has 3 unspecified atom stereocenters. The fourth-order valence-electron chi connectivity index (χ4n) is 3.21. The zero-order valence-corrected chi connectivity index (χ0v) is 8.66. The molecule has 0 aromatic rings. The Labute approximate surface area is 80.5 Å². The monoisotopic (exact) mass is 183 g/mol. The molecule has 0 heterocycles. The smallest absolute Gasteiger partial charge is 0.0545 e. The van der Waals surface area contributed by atoms with Crippen LogP contribution in [0.25, 0.3) is 0 Å². The molecule has 2 heteroatoms. The topological polar surface area (TPSA) is 46.2 Å². The molecule has 0 radical (unpaired) electrons. The molecule has 0 aromatic carbocycles. The van der Waals surface area contributed by atoms with Crippen molar-refractivity contribution >= 4 is 0 Å². The van der Waals surface area contributed by atoms with E-state index in [1.807, 2.05) is 0 Å². The van der Waals surface area contributed by atoms with Crippen LogP contribution >= 0.6 is 0 Å². The molecule has 0 aromatic heterocycles. The summed E-state index contributed by atoms with van der Waals surface area (Å²) in [7, 11) is 0. The Morgan fingerprint density at radius 3 is 2.08 bits per heavy atom. The lowest BCUT2D eigenvalue weighted by Crippen LogP contribution is -2.43. The first-order valence-corrected chi connectivity index (χ1v) is 5.48. The molecule has 2 saturated carbocycles. The van der Waals surface area contributed by atoms with Gasteiger partial charge in [-0.05, 0) is 43.4 Å². The number of fused-ring (bicyclic) bond motifs is 1. The Hall–Kier alpha value is -0.0800. The molecule has 2 nitrogen and oxygen atoms in total. The van der Waals surface area contributed by atoms with Gasteiger partial charge >= 0.3 is 0 Å². The van der Waals surface area contributed by atoms with E-state index in [1.165, 1.54) is 0 Å². The van der Waals surface area contributed by atoms with Crippen LogP contribution in [-0.4, -0.2) is 16.7 Å². The van der Waals surface area contributed by atoms with Gasteiger partial charge in [-0.1, -0.05) is 13.8 Å². The van der Waals surface area contributed by atoms with Crippen LogP contribution < -0.4 is 5.73 Å². The minimum atomic E-state index is -0.0355. The lowest BCUT2D eigenvalue weighted by Gasteiger charge is -2.30. The molecule has 0 bridgehead atoms. The number of hydrogen-bond donors (Lipinski definition) is 2. The van der Waals surface area contributed by atoms with Crippen LogP contribution in [0.4, 0.5) is 0 Å². The van der Waals surface area contributed by atoms with Crippen LogP contribution in [0, 0.1) is 17.8 Å². The minimum absolute atomic E-state index is 0.0355. The molecule has 2 fully saturated rings. The van der Waals surface area contributed by atoms with Crippen molar-refractivity contribution in [3.05, 3.63) is 0 Å². The van der Waals surface area contributed by atoms with Crippen LogP contribution in [-0.2, 0) is 0 Å². The van der Waals surface area contributed by atoms with Crippen LogP contribution in [0.5, 0.6) is 0 Å². The molecule has 2 rings (SSSR count). The first-order valence-electron chi connectivity index (χ1n) is 5.48. The van der Waals surface area contributed by atoms with Gasteiger partial charge in [0, 0.05) is 5.54 Å². The molecule has 0 aliphatic heterocycles. The molecule has 13 heavy (non-hydrogen) atoms. The van der Waals surface area contributed by atoms with E-state index in [9.17, 15) is 5.11 Å². The first-order chi connectivity index (χ1) is 6.01. The Bertz CT molecular complexity index is 188. The average molecular weight is 183 g/mol. The van der Waals surface area contributed by atoms with E-state index in [0.29, 0.717) is 17.8 Å². The highest BCUT2D eigenvalue weighted by molar-refractivity contribution is 5.03. The quantitative estimate of drug-likeness (QED) is 0.647. The fourth-order valence-corrected chi connectivity index (χ4v) is 3.21. The summed E-state index contributed by atoms with van der Waals surface area (Å²) in [6.45, 7) is 4.44. The summed E-state index contributed by atoms with van der Waals surface area (Å²) in [5, 5.41) is 9.50. The van der Waals surface area contributed by atoms with Crippen molar-refractivity contribution < 1.29 is 5.11 Å². The van der Waals surface area contributed by atoms with Crippen molar-refractivity contribution in [2.45, 2.75) is 51.2 Å². The molecular weight excluding hydrogens is 162 g/mol. The van der Waals surface area contributed by atoms with E-state index in [-0.39, 0.29) is 11.6 Å². The Morgan fingerprint density at radius 1 is 1.23 bits per heavy atom. The first kappa shape index (κ1) is 9.47. The molecular formula is C11H21NO. The summed E-state index contributed by atoms with van der Waals surface area (Å²) in [6.07, 6.45) is 4.22. The summed E-state index contributed by atoms with van der Waals surface area (Å²) >= 11 is 0. The molecule has 0 amide bonds. The third-order valence-corrected chi connectivity index (χ3v) is 4.25. The summed E-state index contributed by atoms with van der Waals surface area (Å²) in [4.78, 5) is 0. The number of aliphatic hydroxyl groups excluding tert-OH is 1. The number of aliphatic hydroxyl groups is 1. The van der Waals surface area contributed by atoms with Crippen molar-refractivity contribution in [2.24, 2.45) is 23.5 Å². The van der Waals surface area contributed by atoms with Gasteiger partial charge < -0.3 is 10.8 Å². The highest BCUT2D eigenvalue weighted by Gasteiger charge is 2.48. The van der Waals surface area contributed by atoms with Crippen molar-refractivity contribution in [3.8, 4) is 0 Å². The van der Waals surface area contributed by atoms with Gasteiger partial charge in [0.15, 0.2) is 0 Å². The Kier molecular flexibility index (Phi) is 2.16. The lowest BCUT2D eigenvalue weighted by molar-refractivity contribution is 0.161. The maximum atomic E-state index is 9.50. The second-order valence-corrected chi connectivity index (χ2v) is 5.44. The van der Waals surface area contributed by atoms with Gasteiger partial charge in [-0.25, -0.2) is 0 Å². The van der Waals surface area contributed by atoms with Gasteiger partial charge in [-0.15, -0.1) is 0 Å². The van der Waals surface area contributed by atoms with Crippen LogP contribution in [0.15, 0.2) is 0 Å². The third-order valence-electron chi connectivity index (χ3n) is 4.25. The van der Waals surface area contributed by atoms with Crippen molar-refractivity contribution in [1.82, 2.24) is 0 Å². The van der Waals surface area contributed by atoms with Gasteiger partial charge in [-0.3, -0.25) is 0 Å². The van der Waals surface area contributed by atoms with E-state index in [4.69, 9.17) is 5.73 Å². The van der Waals surface area contributed by atoms with Crippen LogP contribution in [0.3, 0.4) is 0 Å². The van der Waals surface area contributed by atoms with Gasteiger partial charge in [0.25, 0.3) is 0 Å². The van der Waals surface area contributed by atoms with Gasteiger partial charge in [-0.2, -0.15) is 0 Å². The van der Waals surface area contributed by atoms with Crippen LogP contribution in [0.1, 0.15) is 39.5 Å². The van der Waals surface area contributed by atoms with E-state index in [0.717, 1.165) is 25.7 Å². The van der Waals surface area contributed by atoms with E-state index in [1.54, 1.807) is 0 Å². The molecule has 0 saturated heterocycles. The number of nitrogens with two attached hydrogens (primary N) is 1. The summed E-state index contributed by atoms with van der Waals surface area (Å²) in [5.41, 5.74) is 6.42. The summed E-state index contributed by atoms with van der Waals surface area (Å²) < 4.78 is 0. The van der Waals surface area contributed by atoms with Gasteiger partial charge in [0.1, 0.15) is 0 Å². The average Bonchev–Trinajstić information content (AvgIpc) is 2.42. The lowest BCUT2D eigenvalue weighted by atomic mass is 9.83. The highest BCUT2D eigenvalue weighted by Crippen LogP contribution is 2.49. The van der Waals surface area contributed by atoms with Crippen molar-refractivity contribution in [1.29, 1.82) is 0 Å². The standard InChI is InChI=1S/C11H21NO/c1-7(2)11(12)5-8-3-10(13)4-9(8)6-11/h7-10,13H,3-6,12H2,1-2H3/t8-,9?,10?,11?/m1/s1. The predicted octanol–water partition coefficient (Wildman–Crippen LogP) is 1.52. The van der Waals surface area contributed by atoms with Gasteiger partial charge in [0.05, 0.1) is 6.10 Å². The Morgan fingerprint density at radius 2 is 1.69 bits per heavy atom. The Balaban J connectivity index is 2.04. The van der Waals surface area contributed by atoms with Crippen molar-refractivity contribution in [2.75, 3.05) is 0 Å². The maximum absolute atomic E-state index is 9.50. The molecule has 2 aliphatic rings. The van der Waals surface area contributed by atoms with E-state index in [2.05, 4.69) is 13.8 Å². The van der Waals surface area contributed by atoms with E-state index >= 15 is 0 Å². The largest absolute Gasteiger partial charge is 0.393 e. The summed E-state index contributed by atoms with van der Waals surface area (Å²) in [6, 6.07) is 0. The second kappa shape index (κ2) is 2.96. The molecule has 0 spiro atoms. The molecule has 2 aliphatic carbocycles. The highest BCUT2D eigenvalue weighted by atomic mass is 16.3. The molecule has 4 atom stereocenters. The predicted molar refractivity (Wildman–Crippen MR) is 53.2 cm³/mol. The molecule has 76 valence electrons. The zero-order valence-electron chi connectivity index (χ0n) is 8.66. The summed E-state index contributed by atoms with van der Waals surface area (Å²) in [5.74, 6) is 2.00. The number of hydrogen-bond acceptors (Lipinski definition) is 2. The fraction of sp³-hybridized carbons (Fsp3) is 1.00. The van der Waals surface area contributed by atoms with Gasteiger partial charge in [0.2, 0.25) is 0 Å². The zero-order chi connectivity index (χ0) is 9.64. The normalized spacial score (nSPS) is 50.1. The molecule has 3 N–H and O–H groups in total. The van der Waals surface area contributed by atoms with E-state index < -0.39 is 0 Å². The van der Waals surface area contributed by atoms with Crippen molar-refractivity contribution in [3.63, 3.8) is 0 Å². The third kappa shape index (κ3) is 1.50. The second-order valence-electron chi connectivity index (χ2n) is 5.44. The maximum Gasteiger partial charge on any atom is 0.0545 e. The van der Waals surface area contributed by atoms with Crippen LogP contribution in [0.2, 0.25) is 0 Å². The number of rotatable bonds is 1.